The van der Waals surface area contributed by atoms with Crippen molar-refractivity contribution in [2.45, 2.75) is 101 Å². The van der Waals surface area contributed by atoms with Crippen molar-refractivity contribution in [3.63, 3.8) is 0 Å². The fourth-order valence-electron chi connectivity index (χ4n) is 8.84. The number of carbonyl (C=O) groups excluding carboxylic acids is 2. The van der Waals surface area contributed by atoms with Crippen molar-refractivity contribution in [1.82, 2.24) is 0 Å². The van der Waals surface area contributed by atoms with E-state index in [1.54, 1.807) is 62.4 Å². The van der Waals surface area contributed by atoms with Crippen molar-refractivity contribution in [2.75, 3.05) is 19.8 Å². The van der Waals surface area contributed by atoms with Gasteiger partial charge >= 0.3 is 11.9 Å². The van der Waals surface area contributed by atoms with E-state index in [1.165, 1.54) is 0 Å². The van der Waals surface area contributed by atoms with Crippen LogP contribution in [0.4, 0.5) is 0 Å². The molecule has 0 N–H and O–H groups in total. The van der Waals surface area contributed by atoms with Crippen LogP contribution in [0.5, 0.6) is 0 Å². The molecule has 0 saturated carbocycles. The fourth-order valence-corrected chi connectivity index (χ4v) is 8.84. The van der Waals surface area contributed by atoms with E-state index >= 15 is 0 Å². The van der Waals surface area contributed by atoms with Gasteiger partial charge in [-0.2, -0.15) is 0 Å². The standard InChI is InChI=1S/C57H58O13/c1-56(2)68-49-47(38-64-53(58)44-29-17-7-18-30-44)67-57(52(49)69-56,39-65-54(59)45-31-19-8-20-32-45)70-55-51(63-36-43-27-15-6-16-28-43)50(62-35-42-25-13-5-14-26-42)48(61-34-41-23-11-4-12-24-41)46(66-55)37-60-33-40-21-9-3-10-22-40/h3-32,46-52,55H,33-39H2,1-2H3/t46-,47-,48+,49-,50+,51-,52-,55-,57+/m1/s1. The van der Waals surface area contributed by atoms with Gasteiger partial charge in [-0.25, -0.2) is 9.59 Å². The van der Waals surface area contributed by atoms with Crippen LogP contribution in [-0.4, -0.2) is 92.4 Å². The van der Waals surface area contributed by atoms with Crippen molar-refractivity contribution in [1.29, 1.82) is 0 Å². The maximum atomic E-state index is 13.8. The van der Waals surface area contributed by atoms with E-state index in [1.807, 2.05) is 133 Å². The number of hydrogen-bond acceptors (Lipinski definition) is 13. The molecule has 3 heterocycles. The molecule has 70 heavy (non-hydrogen) atoms. The van der Waals surface area contributed by atoms with Gasteiger partial charge in [0.2, 0.25) is 5.79 Å². The lowest BCUT2D eigenvalue weighted by Gasteiger charge is -2.48. The minimum Gasteiger partial charge on any atom is -0.459 e. The zero-order chi connectivity index (χ0) is 48.2. The summed E-state index contributed by atoms with van der Waals surface area (Å²) in [5.41, 5.74) is 4.39. The van der Waals surface area contributed by atoms with Crippen molar-refractivity contribution in [3.05, 3.63) is 215 Å². The number of ether oxygens (including phenoxy) is 11. The van der Waals surface area contributed by atoms with Gasteiger partial charge in [0.25, 0.3) is 0 Å². The maximum absolute atomic E-state index is 13.8. The van der Waals surface area contributed by atoms with E-state index in [4.69, 9.17) is 52.1 Å². The van der Waals surface area contributed by atoms with Gasteiger partial charge in [-0.05, 0) is 60.4 Å². The van der Waals surface area contributed by atoms with E-state index in [-0.39, 0.29) is 39.6 Å². The predicted molar refractivity (Wildman–Crippen MR) is 256 cm³/mol. The van der Waals surface area contributed by atoms with Gasteiger partial charge in [0.15, 0.2) is 12.1 Å². The minimum absolute atomic E-state index is 0.0540. The number of rotatable bonds is 21. The van der Waals surface area contributed by atoms with Crippen molar-refractivity contribution >= 4 is 11.9 Å². The summed E-state index contributed by atoms with van der Waals surface area (Å²) in [5.74, 6) is -4.30. The third kappa shape index (κ3) is 12.4. The smallest absolute Gasteiger partial charge is 0.338 e. The molecule has 9 rings (SSSR count). The second-order valence-corrected chi connectivity index (χ2v) is 17.8. The zero-order valence-corrected chi connectivity index (χ0v) is 39.2. The van der Waals surface area contributed by atoms with E-state index in [0.29, 0.717) is 11.1 Å². The molecule has 0 amide bonds. The van der Waals surface area contributed by atoms with Gasteiger partial charge in [0.1, 0.15) is 55.9 Å². The first-order valence-electron chi connectivity index (χ1n) is 23.6. The van der Waals surface area contributed by atoms with Crippen LogP contribution in [0, 0.1) is 0 Å². The fraction of sp³-hybridized carbons (Fsp3) is 0.333. The first-order valence-corrected chi connectivity index (χ1v) is 23.6. The molecular weight excluding hydrogens is 893 g/mol. The molecule has 0 aliphatic carbocycles. The van der Waals surface area contributed by atoms with Crippen LogP contribution in [0.25, 0.3) is 0 Å². The Hall–Kier alpha value is -6.10. The average Bonchev–Trinajstić information content (AvgIpc) is 3.87. The summed E-state index contributed by atoms with van der Waals surface area (Å²) in [5, 5.41) is 0. The number of benzene rings is 6. The van der Waals surface area contributed by atoms with Crippen molar-refractivity contribution in [2.24, 2.45) is 0 Å². The quantitative estimate of drug-likeness (QED) is 0.0636. The lowest BCUT2D eigenvalue weighted by molar-refractivity contribution is -0.399. The van der Waals surface area contributed by atoms with Crippen LogP contribution < -0.4 is 0 Å². The monoisotopic (exact) mass is 950 g/mol. The van der Waals surface area contributed by atoms with Gasteiger partial charge in [-0.3, -0.25) is 0 Å². The lowest BCUT2D eigenvalue weighted by Crippen LogP contribution is -2.64. The molecule has 0 spiro atoms. The predicted octanol–water partition coefficient (Wildman–Crippen LogP) is 9.03. The SMILES string of the molecule is CC1(C)O[C@H]2[C@@H](O1)[C@](COC(=O)c1ccccc1)(O[C@H]1O[C@H](COCc3ccccc3)[C@H](OCc3ccccc3)[C@H](OCc3ccccc3)[C@H]1OCc1ccccc1)O[C@@H]2COC(=O)c1ccccc1. The van der Waals surface area contributed by atoms with Crippen molar-refractivity contribution in [3.8, 4) is 0 Å². The summed E-state index contributed by atoms with van der Waals surface area (Å²) >= 11 is 0. The Balaban J connectivity index is 1.10. The summed E-state index contributed by atoms with van der Waals surface area (Å²) in [7, 11) is 0. The molecule has 0 radical (unpaired) electrons. The molecule has 6 aromatic rings. The number of fused-ring (bicyclic) bond motifs is 1. The largest absolute Gasteiger partial charge is 0.459 e. The number of esters is 2. The van der Waals surface area contributed by atoms with Crippen LogP contribution >= 0.6 is 0 Å². The molecule has 13 nitrogen and oxygen atoms in total. The van der Waals surface area contributed by atoms with E-state index in [9.17, 15) is 9.59 Å². The Morgan fingerprint density at radius 1 is 0.471 bits per heavy atom. The highest BCUT2D eigenvalue weighted by molar-refractivity contribution is 5.89. The van der Waals surface area contributed by atoms with Crippen LogP contribution in [0.15, 0.2) is 182 Å². The van der Waals surface area contributed by atoms with E-state index in [2.05, 4.69) is 0 Å². The molecule has 3 aliphatic rings. The Bertz CT molecular complexity index is 2540. The minimum atomic E-state index is -1.94. The number of hydrogen-bond donors (Lipinski definition) is 0. The highest BCUT2D eigenvalue weighted by Crippen LogP contribution is 2.47. The molecule has 0 unspecified atom stereocenters. The zero-order valence-electron chi connectivity index (χ0n) is 39.2. The summed E-state index contributed by atoms with van der Waals surface area (Å²) < 4.78 is 73.7. The molecule has 0 aromatic heterocycles. The molecule has 9 atom stereocenters. The Kier molecular flexibility index (Phi) is 16.2. The summed E-state index contributed by atoms with van der Waals surface area (Å²) in [4.78, 5) is 27.2. The van der Waals surface area contributed by atoms with Gasteiger partial charge < -0.3 is 52.1 Å². The Morgan fingerprint density at radius 3 is 1.43 bits per heavy atom. The summed E-state index contributed by atoms with van der Waals surface area (Å²) in [6, 6.07) is 56.5. The first-order chi connectivity index (χ1) is 34.2. The van der Waals surface area contributed by atoms with Crippen LogP contribution in [-0.2, 0) is 78.5 Å². The molecule has 3 fully saturated rings. The van der Waals surface area contributed by atoms with Crippen molar-refractivity contribution < 1.29 is 61.7 Å². The van der Waals surface area contributed by atoms with Crippen LogP contribution in [0.2, 0.25) is 0 Å². The molecule has 3 aliphatic heterocycles. The average molecular weight is 951 g/mol. The first kappa shape index (κ1) is 48.9. The van der Waals surface area contributed by atoms with Gasteiger partial charge in [-0.15, -0.1) is 0 Å². The molecule has 3 saturated heterocycles. The third-order valence-electron chi connectivity index (χ3n) is 12.2. The topological polar surface area (TPSA) is 136 Å². The Labute approximate surface area is 408 Å². The normalized spacial score (nSPS) is 25.7. The summed E-state index contributed by atoms with van der Waals surface area (Å²) in [6.07, 6.45) is -7.68. The van der Waals surface area contributed by atoms with Gasteiger partial charge in [0, 0.05) is 0 Å². The maximum Gasteiger partial charge on any atom is 0.338 e. The Morgan fingerprint density at radius 2 is 0.914 bits per heavy atom. The molecule has 13 heteroatoms. The highest BCUT2D eigenvalue weighted by Gasteiger charge is 2.67. The molecule has 6 aromatic carbocycles. The van der Waals surface area contributed by atoms with Crippen LogP contribution in [0.1, 0.15) is 56.8 Å². The number of carbonyl (C=O) groups is 2. The third-order valence-corrected chi connectivity index (χ3v) is 12.2. The van der Waals surface area contributed by atoms with Crippen LogP contribution in [0.3, 0.4) is 0 Å². The molecular formula is C57H58O13. The second-order valence-electron chi connectivity index (χ2n) is 17.8. The van der Waals surface area contributed by atoms with Gasteiger partial charge in [-0.1, -0.05) is 158 Å². The highest BCUT2D eigenvalue weighted by atomic mass is 16.9. The summed E-state index contributed by atoms with van der Waals surface area (Å²) in [6.45, 7) is 3.68. The van der Waals surface area contributed by atoms with E-state index in [0.717, 1.165) is 22.3 Å². The molecule has 0 bridgehead atoms. The lowest BCUT2D eigenvalue weighted by atomic mass is 9.97. The van der Waals surface area contributed by atoms with Gasteiger partial charge in [0.05, 0.1) is 44.2 Å². The van der Waals surface area contributed by atoms with E-state index < -0.39 is 79.1 Å². The second kappa shape index (κ2) is 23.2. The molecule has 364 valence electrons.